The van der Waals surface area contributed by atoms with Crippen LogP contribution in [-0.4, -0.2) is 21.7 Å². The van der Waals surface area contributed by atoms with E-state index < -0.39 is 0 Å². The number of hydrogen-bond acceptors (Lipinski definition) is 5. The van der Waals surface area contributed by atoms with Gasteiger partial charge in [-0.05, 0) is 37.4 Å². The van der Waals surface area contributed by atoms with Crippen LogP contribution in [-0.2, 0) is 6.42 Å². The third-order valence-electron chi connectivity index (χ3n) is 3.31. The van der Waals surface area contributed by atoms with Gasteiger partial charge in [-0.1, -0.05) is 18.5 Å². The van der Waals surface area contributed by atoms with Crippen molar-refractivity contribution >= 4 is 0 Å². The summed E-state index contributed by atoms with van der Waals surface area (Å²) in [7, 11) is 0. The molecule has 0 amide bonds. The Morgan fingerprint density at radius 2 is 2.26 bits per heavy atom. The number of rotatable bonds is 7. The van der Waals surface area contributed by atoms with E-state index in [2.05, 4.69) is 22.0 Å². The van der Waals surface area contributed by atoms with E-state index in [0.717, 1.165) is 37.8 Å². The second kappa shape index (κ2) is 6.99. The molecule has 1 atom stereocenters. The standard InChI is InChI=1S/C14H20N4O/c1-2-11(7-8-15)5-6-13-17-14(18-19-13)12-4-3-9-16-10-12/h3-4,9-11H,2,5-8,15H2,1H3. The molecule has 19 heavy (non-hydrogen) atoms. The SMILES string of the molecule is CCC(CCN)CCc1nc(-c2cccnc2)no1. The topological polar surface area (TPSA) is 77.8 Å². The van der Waals surface area contributed by atoms with Gasteiger partial charge in [-0.25, -0.2) is 0 Å². The molecule has 5 nitrogen and oxygen atoms in total. The molecule has 5 heteroatoms. The third-order valence-corrected chi connectivity index (χ3v) is 3.31. The lowest BCUT2D eigenvalue weighted by molar-refractivity contribution is 0.354. The van der Waals surface area contributed by atoms with Crippen LogP contribution in [0.4, 0.5) is 0 Å². The zero-order valence-electron chi connectivity index (χ0n) is 11.2. The Balaban J connectivity index is 1.94. The smallest absolute Gasteiger partial charge is 0.226 e. The van der Waals surface area contributed by atoms with Crippen molar-refractivity contribution < 1.29 is 4.52 Å². The van der Waals surface area contributed by atoms with E-state index in [9.17, 15) is 0 Å². The predicted molar refractivity (Wildman–Crippen MR) is 73.3 cm³/mol. The van der Waals surface area contributed by atoms with Crippen LogP contribution in [0.1, 0.15) is 32.1 Å². The number of aromatic nitrogens is 3. The number of pyridine rings is 1. The zero-order valence-corrected chi connectivity index (χ0v) is 11.2. The van der Waals surface area contributed by atoms with Gasteiger partial charge < -0.3 is 10.3 Å². The van der Waals surface area contributed by atoms with Gasteiger partial charge in [0.1, 0.15) is 0 Å². The van der Waals surface area contributed by atoms with E-state index in [1.807, 2.05) is 12.1 Å². The summed E-state index contributed by atoms with van der Waals surface area (Å²) >= 11 is 0. The van der Waals surface area contributed by atoms with Gasteiger partial charge >= 0.3 is 0 Å². The summed E-state index contributed by atoms with van der Waals surface area (Å²) in [4.78, 5) is 8.44. The van der Waals surface area contributed by atoms with Crippen molar-refractivity contribution in [1.29, 1.82) is 0 Å². The first kappa shape index (κ1) is 13.7. The molecular formula is C14H20N4O. The zero-order chi connectivity index (χ0) is 13.5. The minimum absolute atomic E-state index is 0.606. The van der Waals surface area contributed by atoms with Crippen molar-refractivity contribution in [2.45, 2.75) is 32.6 Å². The van der Waals surface area contributed by atoms with E-state index in [-0.39, 0.29) is 0 Å². The van der Waals surface area contributed by atoms with Gasteiger partial charge in [0.2, 0.25) is 11.7 Å². The Kier molecular flexibility index (Phi) is 5.03. The molecule has 0 fully saturated rings. The summed E-state index contributed by atoms with van der Waals surface area (Å²) in [6, 6.07) is 3.78. The van der Waals surface area contributed by atoms with Gasteiger partial charge in [0.05, 0.1) is 0 Å². The van der Waals surface area contributed by atoms with Crippen LogP contribution in [0.3, 0.4) is 0 Å². The fourth-order valence-corrected chi connectivity index (χ4v) is 2.08. The van der Waals surface area contributed by atoms with Gasteiger partial charge in [0, 0.05) is 24.4 Å². The maximum Gasteiger partial charge on any atom is 0.226 e. The van der Waals surface area contributed by atoms with E-state index in [1.54, 1.807) is 12.4 Å². The highest BCUT2D eigenvalue weighted by atomic mass is 16.5. The summed E-state index contributed by atoms with van der Waals surface area (Å²) in [6.45, 7) is 2.93. The minimum Gasteiger partial charge on any atom is -0.339 e. The molecule has 0 bridgehead atoms. The molecule has 2 heterocycles. The largest absolute Gasteiger partial charge is 0.339 e. The van der Waals surface area contributed by atoms with Crippen molar-refractivity contribution in [2.24, 2.45) is 11.7 Å². The van der Waals surface area contributed by atoms with Crippen LogP contribution >= 0.6 is 0 Å². The Morgan fingerprint density at radius 1 is 1.37 bits per heavy atom. The molecular weight excluding hydrogens is 240 g/mol. The Bertz CT molecular complexity index is 483. The average Bonchev–Trinajstić information content (AvgIpc) is 2.93. The van der Waals surface area contributed by atoms with E-state index in [1.165, 1.54) is 0 Å². The maximum atomic E-state index is 5.60. The van der Waals surface area contributed by atoms with Crippen molar-refractivity contribution in [3.8, 4) is 11.4 Å². The van der Waals surface area contributed by atoms with Crippen LogP contribution in [0.2, 0.25) is 0 Å². The second-order valence-corrected chi connectivity index (χ2v) is 4.64. The lowest BCUT2D eigenvalue weighted by Crippen LogP contribution is -2.09. The van der Waals surface area contributed by atoms with Gasteiger partial charge in [-0.15, -0.1) is 0 Å². The normalized spacial score (nSPS) is 12.5. The Labute approximate surface area is 113 Å². The third kappa shape index (κ3) is 3.86. The van der Waals surface area contributed by atoms with Gasteiger partial charge in [0.25, 0.3) is 0 Å². The van der Waals surface area contributed by atoms with Crippen molar-refractivity contribution in [3.05, 3.63) is 30.4 Å². The molecule has 2 N–H and O–H groups in total. The number of aryl methyl sites for hydroxylation is 1. The first-order valence-electron chi connectivity index (χ1n) is 6.76. The highest BCUT2D eigenvalue weighted by molar-refractivity contribution is 5.51. The number of hydrogen-bond donors (Lipinski definition) is 1. The monoisotopic (exact) mass is 260 g/mol. The van der Waals surface area contributed by atoms with E-state index >= 15 is 0 Å². The summed E-state index contributed by atoms with van der Waals surface area (Å²) in [5, 5.41) is 3.99. The van der Waals surface area contributed by atoms with Crippen LogP contribution in [0.25, 0.3) is 11.4 Å². The van der Waals surface area contributed by atoms with E-state index in [4.69, 9.17) is 10.3 Å². The molecule has 0 saturated heterocycles. The first-order valence-corrected chi connectivity index (χ1v) is 6.76. The van der Waals surface area contributed by atoms with Crippen molar-refractivity contribution in [1.82, 2.24) is 15.1 Å². The Hall–Kier alpha value is -1.75. The minimum atomic E-state index is 0.606. The molecule has 0 radical (unpaired) electrons. The molecule has 0 spiro atoms. The van der Waals surface area contributed by atoms with Crippen LogP contribution in [0.5, 0.6) is 0 Å². The number of nitrogens with two attached hydrogens (primary N) is 1. The molecule has 2 aromatic heterocycles. The van der Waals surface area contributed by atoms with Gasteiger partial charge in [0.15, 0.2) is 0 Å². The fraction of sp³-hybridized carbons (Fsp3) is 0.500. The summed E-state index contributed by atoms with van der Waals surface area (Å²) < 4.78 is 5.27. The van der Waals surface area contributed by atoms with Crippen molar-refractivity contribution in [3.63, 3.8) is 0 Å². The predicted octanol–water partition coefficient (Wildman–Crippen LogP) is 2.44. The van der Waals surface area contributed by atoms with Crippen molar-refractivity contribution in [2.75, 3.05) is 6.54 Å². The quantitative estimate of drug-likeness (QED) is 0.827. The Morgan fingerprint density at radius 3 is 2.95 bits per heavy atom. The molecule has 0 aromatic carbocycles. The number of nitrogens with zero attached hydrogens (tertiary/aromatic N) is 3. The van der Waals surface area contributed by atoms with E-state index in [0.29, 0.717) is 17.6 Å². The fourth-order valence-electron chi connectivity index (χ4n) is 2.08. The van der Waals surface area contributed by atoms with Gasteiger partial charge in [-0.3, -0.25) is 4.98 Å². The molecule has 2 aromatic rings. The molecule has 0 aliphatic carbocycles. The van der Waals surface area contributed by atoms with Gasteiger partial charge in [-0.2, -0.15) is 4.98 Å². The summed E-state index contributed by atoms with van der Waals surface area (Å²) in [5.41, 5.74) is 6.48. The molecule has 2 rings (SSSR count). The molecule has 0 saturated carbocycles. The summed E-state index contributed by atoms with van der Waals surface area (Å²) in [5.74, 6) is 1.93. The van der Waals surface area contributed by atoms with Crippen LogP contribution in [0, 0.1) is 5.92 Å². The second-order valence-electron chi connectivity index (χ2n) is 4.64. The molecule has 1 unspecified atom stereocenters. The highest BCUT2D eigenvalue weighted by Crippen LogP contribution is 2.18. The maximum absolute atomic E-state index is 5.60. The average molecular weight is 260 g/mol. The molecule has 0 aliphatic rings. The van der Waals surface area contributed by atoms with Crippen LogP contribution in [0.15, 0.2) is 29.0 Å². The van der Waals surface area contributed by atoms with Crippen LogP contribution < -0.4 is 5.73 Å². The highest BCUT2D eigenvalue weighted by Gasteiger charge is 2.11. The molecule has 0 aliphatic heterocycles. The lowest BCUT2D eigenvalue weighted by atomic mass is 9.97. The summed E-state index contributed by atoms with van der Waals surface area (Å²) in [6.07, 6.45) is 7.51. The lowest BCUT2D eigenvalue weighted by Gasteiger charge is -2.11. The first-order chi connectivity index (χ1) is 9.33. The molecule has 102 valence electrons.